The van der Waals surface area contributed by atoms with E-state index in [9.17, 15) is 4.39 Å². The number of rotatable bonds is 4. The number of nitrogens with zero attached hydrogens (tertiary/aromatic N) is 3. The Kier molecular flexibility index (Phi) is 4.40. The SMILES string of the molecule is CCNc1nc(Sc2cccc(F)c2C#N)nc2ccccc12. The van der Waals surface area contributed by atoms with Crippen LogP contribution in [0.15, 0.2) is 52.5 Å². The molecular formula is C17H13FN4S. The minimum Gasteiger partial charge on any atom is -0.370 e. The smallest absolute Gasteiger partial charge is 0.195 e. The molecule has 0 spiro atoms. The molecule has 0 unspecified atom stereocenters. The quantitative estimate of drug-likeness (QED) is 0.728. The van der Waals surface area contributed by atoms with Gasteiger partial charge in [0, 0.05) is 16.8 Å². The third-order valence-electron chi connectivity index (χ3n) is 3.22. The first-order valence-electron chi connectivity index (χ1n) is 7.10. The summed E-state index contributed by atoms with van der Waals surface area (Å²) in [6.45, 7) is 2.72. The molecule has 0 aliphatic carbocycles. The molecule has 0 aliphatic heterocycles. The molecule has 114 valence electrons. The van der Waals surface area contributed by atoms with Gasteiger partial charge in [-0.15, -0.1) is 0 Å². The lowest BCUT2D eigenvalue weighted by atomic mass is 10.2. The maximum atomic E-state index is 13.7. The first-order chi connectivity index (χ1) is 11.2. The summed E-state index contributed by atoms with van der Waals surface area (Å²) in [4.78, 5) is 9.50. The largest absolute Gasteiger partial charge is 0.370 e. The second-order valence-corrected chi connectivity index (χ2v) is 5.74. The predicted octanol–water partition coefficient (Wildman–Crippen LogP) is 4.22. The average molecular weight is 324 g/mol. The van der Waals surface area contributed by atoms with E-state index >= 15 is 0 Å². The van der Waals surface area contributed by atoms with Crippen molar-refractivity contribution in [1.29, 1.82) is 5.26 Å². The monoisotopic (exact) mass is 324 g/mol. The van der Waals surface area contributed by atoms with Crippen molar-refractivity contribution >= 4 is 28.5 Å². The van der Waals surface area contributed by atoms with Crippen LogP contribution in [-0.4, -0.2) is 16.5 Å². The van der Waals surface area contributed by atoms with E-state index in [-0.39, 0.29) is 5.56 Å². The van der Waals surface area contributed by atoms with E-state index in [4.69, 9.17) is 5.26 Å². The maximum Gasteiger partial charge on any atom is 0.195 e. The number of aromatic nitrogens is 2. The van der Waals surface area contributed by atoms with Crippen LogP contribution in [0.5, 0.6) is 0 Å². The number of benzene rings is 2. The number of anilines is 1. The minimum atomic E-state index is -0.537. The van der Waals surface area contributed by atoms with Gasteiger partial charge in [0.2, 0.25) is 0 Å². The summed E-state index contributed by atoms with van der Waals surface area (Å²) in [6, 6.07) is 14.1. The van der Waals surface area contributed by atoms with Crippen molar-refractivity contribution in [3.63, 3.8) is 0 Å². The van der Waals surface area contributed by atoms with E-state index in [1.165, 1.54) is 17.8 Å². The summed E-state index contributed by atoms with van der Waals surface area (Å²) < 4.78 is 13.7. The molecule has 0 saturated carbocycles. The standard InChI is InChI=1S/C17H13FN4S/c1-2-20-16-11-6-3-4-8-14(11)21-17(22-16)23-15-9-5-7-13(18)12(15)10-19/h3-9H,2H2,1H3,(H,20,21,22). The van der Waals surface area contributed by atoms with Crippen molar-refractivity contribution in [3.05, 3.63) is 53.8 Å². The minimum absolute atomic E-state index is 0.0132. The molecule has 0 atom stereocenters. The Morgan fingerprint density at radius 3 is 2.78 bits per heavy atom. The summed E-state index contributed by atoms with van der Waals surface area (Å²) >= 11 is 1.18. The van der Waals surface area contributed by atoms with Crippen molar-refractivity contribution < 1.29 is 4.39 Å². The van der Waals surface area contributed by atoms with Gasteiger partial charge in [0.05, 0.1) is 5.52 Å². The van der Waals surface area contributed by atoms with Crippen LogP contribution in [0.1, 0.15) is 12.5 Å². The van der Waals surface area contributed by atoms with Crippen molar-refractivity contribution in [2.24, 2.45) is 0 Å². The Labute approximate surface area is 137 Å². The van der Waals surface area contributed by atoms with Crippen LogP contribution >= 0.6 is 11.8 Å². The fraction of sp³-hybridized carbons (Fsp3) is 0.118. The summed E-state index contributed by atoms with van der Waals surface area (Å²) in [5.74, 6) is 0.195. The van der Waals surface area contributed by atoms with Crippen LogP contribution in [-0.2, 0) is 0 Å². The lowest BCUT2D eigenvalue weighted by molar-refractivity contribution is 0.620. The molecular weight excluding hydrogens is 311 g/mol. The van der Waals surface area contributed by atoms with Crippen LogP contribution < -0.4 is 5.32 Å². The van der Waals surface area contributed by atoms with Gasteiger partial charge in [-0.2, -0.15) is 5.26 Å². The zero-order valence-electron chi connectivity index (χ0n) is 12.4. The molecule has 6 heteroatoms. The van der Waals surface area contributed by atoms with Gasteiger partial charge in [0.25, 0.3) is 0 Å². The van der Waals surface area contributed by atoms with Crippen LogP contribution in [0, 0.1) is 17.1 Å². The van der Waals surface area contributed by atoms with E-state index in [0.29, 0.717) is 10.1 Å². The fourth-order valence-corrected chi connectivity index (χ4v) is 3.07. The molecule has 4 nitrogen and oxygen atoms in total. The molecule has 0 aliphatic rings. The Bertz CT molecular complexity index is 905. The van der Waals surface area contributed by atoms with E-state index < -0.39 is 5.82 Å². The van der Waals surface area contributed by atoms with Crippen LogP contribution in [0.25, 0.3) is 10.9 Å². The first-order valence-corrected chi connectivity index (χ1v) is 7.91. The van der Waals surface area contributed by atoms with Crippen molar-refractivity contribution in [1.82, 2.24) is 9.97 Å². The number of fused-ring (bicyclic) bond motifs is 1. The predicted molar refractivity (Wildman–Crippen MR) is 88.9 cm³/mol. The topological polar surface area (TPSA) is 61.6 Å². The molecule has 3 rings (SSSR count). The number of hydrogen-bond acceptors (Lipinski definition) is 5. The van der Waals surface area contributed by atoms with Gasteiger partial charge in [0.1, 0.15) is 23.3 Å². The van der Waals surface area contributed by atoms with E-state index in [0.717, 1.165) is 23.3 Å². The summed E-state index contributed by atoms with van der Waals surface area (Å²) in [6.07, 6.45) is 0. The third kappa shape index (κ3) is 3.10. The van der Waals surface area contributed by atoms with Crippen LogP contribution in [0.2, 0.25) is 0 Å². The zero-order chi connectivity index (χ0) is 16.2. The summed E-state index contributed by atoms with van der Waals surface area (Å²) in [5, 5.41) is 13.7. The summed E-state index contributed by atoms with van der Waals surface area (Å²) in [5.41, 5.74) is 0.815. The first kappa shape index (κ1) is 15.3. The highest BCUT2D eigenvalue weighted by molar-refractivity contribution is 7.99. The van der Waals surface area contributed by atoms with Gasteiger partial charge in [-0.1, -0.05) is 18.2 Å². The van der Waals surface area contributed by atoms with Crippen molar-refractivity contribution in [3.8, 4) is 6.07 Å². The molecule has 0 amide bonds. The maximum absolute atomic E-state index is 13.7. The zero-order valence-corrected chi connectivity index (χ0v) is 13.2. The van der Waals surface area contributed by atoms with E-state index in [1.54, 1.807) is 12.1 Å². The number of hydrogen-bond donors (Lipinski definition) is 1. The molecule has 0 saturated heterocycles. The number of nitrogens with one attached hydrogen (secondary N) is 1. The fourth-order valence-electron chi connectivity index (χ4n) is 2.20. The molecule has 2 aromatic carbocycles. The van der Waals surface area contributed by atoms with Gasteiger partial charge in [-0.05, 0) is 43.0 Å². The molecule has 1 heterocycles. The van der Waals surface area contributed by atoms with Crippen LogP contribution in [0.3, 0.4) is 0 Å². The molecule has 0 bridgehead atoms. The molecule has 0 fully saturated rings. The van der Waals surface area contributed by atoms with Gasteiger partial charge in [-0.25, -0.2) is 14.4 Å². The highest BCUT2D eigenvalue weighted by Gasteiger charge is 2.13. The molecule has 1 aromatic heterocycles. The van der Waals surface area contributed by atoms with E-state index in [2.05, 4.69) is 15.3 Å². The molecule has 23 heavy (non-hydrogen) atoms. The highest BCUT2D eigenvalue weighted by atomic mass is 32.2. The highest BCUT2D eigenvalue weighted by Crippen LogP contribution is 2.31. The number of nitriles is 1. The van der Waals surface area contributed by atoms with Gasteiger partial charge in [0.15, 0.2) is 5.16 Å². The van der Waals surface area contributed by atoms with Gasteiger partial charge >= 0.3 is 0 Å². The normalized spacial score (nSPS) is 10.5. The van der Waals surface area contributed by atoms with Crippen molar-refractivity contribution in [2.75, 3.05) is 11.9 Å². The molecule has 3 aromatic rings. The lowest BCUT2D eigenvalue weighted by Crippen LogP contribution is -2.02. The molecule has 1 N–H and O–H groups in total. The molecule has 0 radical (unpaired) electrons. The van der Waals surface area contributed by atoms with Crippen molar-refractivity contribution in [2.45, 2.75) is 17.0 Å². The van der Waals surface area contributed by atoms with Gasteiger partial charge < -0.3 is 5.32 Å². The number of para-hydroxylation sites is 1. The lowest BCUT2D eigenvalue weighted by Gasteiger charge is -2.09. The Morgan fingerprint density at radius 2 is 2.00 bits per heavy atom. The Balaban J connectivity index is 2.07. The second kappa shape index (κ2) is 6.63. The Morgan fingerprint density at radius 1 is 1.17 bits per heavy atom. The third-order valence-corrected chi connectivity index (χ3v) is 4.14. The second-order valence-electron chi connectivity index (χ2n) is 4.73. The Hall–Kier alpha value is -2.65. The summed E-state index contributed by atoms with van der Waals surface area (Å²) in [7, 11) is 0. The van der Waals surface area contributed by atoms with E-state index in [1.807, 2.05) is 37.3 Å². The van der Waals surface area contributed by atoms with Crippen LogP contribution in [0.4, 0.5) is 10.2 Å². The van der Waals surface area contributed by atoms with Gasteiger partial charge in [-0.3, -0.25) is 0 Å². The number of halogens is 1. The average Bonchev–Trinajstić information content (AvgIpc) is 2.55.